The van der Waals surface area contributed by atoms with Gasteiger partial charge in [0.05, 0.1) is 6.42 Å². The van der Waals surface area contributed by atoms with Crippen molar-refractivity contribution in [3.8, 4) is 0 Å². The average molecular weight is 291 g/mol. The number of primary amides is 1. The summed E-state index contributed by atoms with van der Waals surface area (Å²) in [6, 6.07) is -2.12. The third-order valence-corrected chi connectivity index (χ3v) is 4.11. The zero-order valence-electron chi connectivity index (χ0n) is 10.3. The summed E-state index contributed by atoms with van der Waals surface area (Å²) < 4.78 is 11.1. The maximum Gasteiger partial charge on any atom is 0.326 e. The number of aliphatic carboxylic acids is 1. The van der Waals surface area contributed by atoms with Crippen molar-refractivity contribution in [2.75, 3.05) is 11.5 Å². The maximum atomic E-state index is 11.6. The molecule has 1 aliphatic rings. The van der Waals surface area contributed by atoms with Gasteiger partial charge in [0.1, 0.15) is 6.04 Å². The van der Waals surface area contributed by atoms with E-state index in [2.05, 4.69) is 10.6 Å². The minimum atomic E-state index is -1.34. The number of carboxylic acid groups (broad SMARTS) is 1. The fourth-order valence-corrected chi connectivity index (χ4v) is 3.02. The lowest BCUT2D eigenvalue weighted by molar-refractivity contribution is -0.140. The van der Waals surface area contributed by atoms with Gasteiger partial charge in [-0.25, -0.2) is 9.59 Å². The predicted octanol–water partition coefficient (Wildman–Crippen LogP) is -1.47. The van der Waals surface area contributed by atoms with Gasteiger partial charge in [-0.2, -0.15) is 0 Å². The van der Waals surface area contributed by atoms with Crippen molar-refractivity contribution in [1.82, 2.24) is 10.6 Å². The summed E-state index contributed by atoms with van der Waals surface area (Å²) in [5, 5.41) is 13.6. The van der Waals surface area contributed by atoms with Gasteiger partial charge in [-0.15, -0.1) is 0 Å². The summed E-state index contributed by atoms with van der Waals surface area (Å²) in [5.74, 6) is -1.08. The first-order valence-electron chi connectivity index (χ1n) is 5.81. The van der Waals surface area contributed by atoms with E-state index in [-0.39, 0.29) is 6.04 Å². The minimum Gasteiger partial charge on any atom is -0.480 e. The Hall–Kier alpha value is -1.64. The maximum absolute atomic E-state index is 11.6. The van der Waals surface area contributed by atoms with Crippen LogP contribution < -0.4 is 16.4 Å². The largest absolute Gasteiger partial charge is 0.480 e. The van der Waals surface area contributed by atoms with Crippen molar-refractivity contribution >= 4 is 28.7 Å². The van der Waals surface area contributed by atoms with Gasteiger partial charge in [0.2, 0.25) is 5.91 Å². The van der Waals surface area contributed by atoms with Crippen molar-refractivity contribution in [1.29, 1.82) is 0 Å². The highest BCUT2D eigenvalue weighted by Crippen LogP contribution is 2.08. The van der Waals surface area contributed by atoms with E-state index in [1.54, 1.807) is 0 Å². The Balaban J connectivity index is 2.42. The molecule has 19 heavy (non-hydrogen) atoms. The molecule has 1 unspecified atom stereocenters. The molecule has 8 nitrogen and oxygen atoms in total. The van der Waals surface area contributed by atoms with Crippen LogP contribution in [0.15, 0.2) is 0 Å². The van der Waals surface area contributed by atoms with Gasteiger partial charge in [-0.3, -0.25) is 9.00 Å². The first kappa shape index (κ1) is 15.4. The summed E-state index contributed by atoms with van der Waals surface area (Å²) in [7, 11) is -0.829. The lowest BCUT2D eigenvalue weighted by Crippen LogP contribution is -2.51. The van der Waals surface area contributed by atoms with Crippen LogP contribution in [0.4, 0.5) is 4.79 Å². The van der Waals surface area contributed by atoms with Gasteiger partial charge in [0.25, 0.3) is 0 Å². The highest BCUT2D eigenvalue weighted by Gasteiger charge is 2.24. The number of hydrogen-bond donors (Lipinski definition) is 4. The fraction of sp³-hybridized carbons (Fsp3) is 0.700. The van der Waals surface area contributed by atoms with Crippen LogP contribution in [-0.2, 0) is 20.4 Å². The van der Waals surface area contributed by atoms with Crippen molar-refractivity contribution in [3.05, 3.63) is 0 Å². The molecule has 0 aromatic rings. The van der Waals surface area contributed by atoms with Crippen molar-refractivity contribution in [2.24, 2.45) is 5.73 Å². The molecule has 5 N–H and O–H groups in total. The Labute approximate surface area is 112 Å². The molecule has 1 saturated heterocycles. The Morgan fingerprint density at radius 2 is 1.89 bits per heavy atom. The molecule has 1 fully saturated rings. The van der Waals surface area contributed by atoms with Gasteiger partial charge >= 0.3 is 12.0 Å². The number of hydrogen-bond acceptors (Lipinski definition) is 4. The Bertz CT molecular complexity index is 391. The molecule has 108 valence electrons. The van der Waals surface area contributed by atoms with Gasteiger partial charge in [0.15, 0.2) is 0 Å². The normalized spacial score (nSPS) is 24.2. The van der Waals surface area contributed by atoms with E-state index >= 15 is 0 Å². The topological polar surface area (TPSA) is 139 Å². The second-order valence-electron chi connectivity index (χ2n) is 4.30. The molecule has 0 aromatic heterocycles. The molecule has 1 atom stereocenters. The smallest absolute Gasteiger partial charge is 0.326 e. The van der Waals surface area contributed by atoms with Gasteiger partial charge in [-0.1, -0.05) is 0 Å². The molecule has 0 bridgehead atoms. The molecule has 0 aliphatic carbocycles. The number of amides is 3. The molecule has 0 saturated carbocycles. The Morgan fingerprint density at radius 1 is 1.32 bits per heavy atom. The fourth-order valence-electron chi connectivity index (χ4n) is 1.72. The van der Waals surface area contributed by atoms with Crippen LogP contribution in [0.5, 0.6) is 0 Å². The van der Waals surface area contributed by atoms with E-state index < -0.39 is 41.2 Å². The summed E-state index contributed by atoms with van der Waals surface area (Å²) in [4.78, 5) is 33.1. The molecular formula is C10H17N3O5S. The lowest BCUT2D eigenvalue weighted by Gasteiger charge is -2.23. The zero-order chi connectivity index (χ0) is 14.4. The molecule has 0 spiro atoms. The highest BCUT2D eigenvalue weighted by atomic mass is 32.2. The molecule has 1 aliphatic heterocycles. The summed E-state index contributed by atoms with van der Waals surface area (Å²) in [5.41, 5.74) is 4.90. The van der Waals surface area contributed by atoms with Crippen LogP contribution in [-0.4, -0.2) is 50.8 Å². The first-order valence-corrected chi connectivity index (χ1v) is 7.30. The van der Waals surface area contributed by atoms with E-state index in [9.17, 15) is 18.6 Å². The predicted molar refractivity (Wildman–Crippen MR) is 67.8 cm³/mol. The number of nitrogens with two attached hydrogens (primary N) is 1. The van der Waals surface area contributed by atoms with Crippen molar-refractivity contribution in [2.45, 2.75) is 31.3 Å². The lowest BCUT2D eigenvalue weighted by atomic mass is 10.1. The molecule has 1 heterocycles. The van der Waals surface area contributed by atoms with E-state index in [1.165, 1.54) is 0 Å². The Kier molecular flexibility index (Phi) is 5.74. The van der Waals surface area contributed by atoms with E-state index in [1.807, 2.05) is 0 Å². The van der Waals surface area contributed by atoms with Crippen LogP contribution in [0.2, 0.25) is 0 Å². The third kappa shape index (κ3) is 5.69. The molecule has 9 heteroatoms. The van der Waals surface area contributed by atoms with E-state index in [0.717, 1.165) is 0 Å². The van der Waals surface area contributed by atoms with Gasteiger partial charge in [0, 0.05) is 28.3 Å². The minimum absolute atomic E-state index is 0.124. The first-order chi connectivity index (χ1) is 8.88. The van der Waals surface area contributed by atoms with Crippen LogP contribution in [0.1, 0.15) is 19.3 Å². The monoisotopic (exact) mass is 291 g/mol. The second-order valence-corrected chi connectivity index (χ2v) is 6.00. The van der Waals surface area contributed by atoms with Crippen LogP contribution in [0.25, 0.3) is 0 Å². The summed E-state index contributed by atoms with van der Waals surface area (Å²) in [6.45, 7) is 0. The quantitative estimate of drug-likeness (QED) is 0.489. The molecule has 3 amide bonds. The Morgan fingerprint density at radius 3 is 2.37 bits per heavy atom. The SMILES string of the molecule is NC(=O)CC(NC(=O)NC1CCS(=O)CC1)C(=O)O. The van der Waals surface area contributed by atoms with Gasteiger partial charge < -0.3 is 21.5 Å². The molecule has 1 rings (SSSR count). The molecular weight excluding hydrogens is 274 g/mol. The van der Waals surface area contributed by atoms with Crippen molar-refractivity contribution < 1.29 is 23.7 Å². The van der Waals surface area contributed by atoms with Crippen molar-refractivity contribution in [3.63, 3.8) is 0 Å². The average Bonchev–Trinajstić information content (AvgIpc) is 2.30. The zero-order valence-corrected chi connectivity index (χ0v) is 11.1. The van der Waals surface area contributed by atoms with E-state index in [4.69, 9.17) is 10.8 Å². The molecule has 0 radical (unpaired) electrons. The highest BCUT2D eigenvalue weighted by molar-refractivity contribution is 7.85. The number of carboxylic acids is 1. The number of nitrogens with one attached hydrogen (secondary N) is 2. The number of carbonyl (C=O) groups is 3. The summed E-state index contributed by atoms with van der Waals surface area (Å²) >= 11 is 0. The van der Waals surface area contributed by atoms with Crippen LogP contribution in [0.3, 0.4) is 0 Å². The third-order valence-electron chi connectivity index (χ3n) is 2.73. The van der Waals surface area contributed by atoms with Crippen LogP contribution in [0, 0.1) is 0 Å². The summed E-state index contributed by atoms with van der Waals surface area (Å²) in [6.07, 6.45) is 0.721. The van der Waals surface area contributed by atoms with Crippen LogP contribution >= 0.6 is 0 Å². The second kappa shape index (κ2) is 7.07. The van der Waals surface area contributed by atoms with E-state index in [0.29, 0.717) is 24.3 Å². The van der Waals surface area contributed by atoms with Gasteiger partial charge in [-0.05, 0) is 12.8 Å². The number of urea groups is 1. The standard InChI is InChI=1S/C10H17N3O5S/c11-8(14)5-7(9(15)16)13-10(17)12-6-1-3-19(18)4-2-6/h6-7H,1-5H2,(H2,11,14)(H,15,16)(H2,12,13,17). The number of carbonyl (C=O) groups excluding carboxylic acids is 2. The number of rotatable bonds is 5. The molecule has 0 aromatic carbocycles.